The number of hydrogen-bond acceptors (Lipinski definition) is 2. The van der Waals surface area contributed by atoms with Crippen molar-refractivity contribution in [2.45, 2.75) is 13.0 Å². The Morgan fingerprint density at radius 3 is 2.00 bits per heavy atom. The highest BCUT2D eigenvalue weighted by Crippen LogP contribution is 2.41. The Morgan fingerprint density at radius 2 is 1.41 bits per heavy atom. The maximum atomic E-state index is 13.2. The first-order chi connectivity index (χ1) is 14.2. The fourth-order valence-electron chi connectivity index (χ4n) is 4.73. The summed E-state index contributed by atoms with van der Waals surface area (Å²) in [7, 11) is 0. The molecule has 0 amide bonds. The predicted octanol–water partition coefficient (Wildman–Crippen LogP) is 3.52. The summed E-state index contributed by atoms with van der Waals surface area (Å²) in [6.07, 6.45) is 0. The monoisotopic (exact) mass is 386 g/mol. The molecule has 1 heterocycles. The Balaban J connectivity index is 1.33. The van der Waals surface area contributed by atoms with E-state index in [1.54, 1.807) is 17.0 Å². The van der Waals surface area contributed by atoms with Gasteiger partial charge in [-0.05, 0) is 35.7 Å². The molecule has 146 valence electrons. The minimum Gasteiger partial charge on any atom is -0.322 e. The molecular weight excluding hydrogens is 361 g/mol. The lowest BCUT2D eigenvalue weighted by atomic mass is 10.0. The molecule has 3 aromatic rings. The second kappa shape index (κ2) is 7.45. The molecule has 1 aliphatic heterocycles. The molecule has 1 fully saturated rings. The Labute approximate surface area is 171 Å². The van der Waals surface area contributed by atoms with Gasteiger partial charge in [0.1, 0.15) is 11.9 Å². The molecule has 0 aromatic heterocycles. The van der Waals surface area contributed by atoms with Crippen LogP contribution in [-0.2, 0) is 0 Å². The van der Waals surface area contributed by atoms with Gasteiger partial charge in [0.05, 0.1) is 31.9 Å². The molecular formula is C25H25FN3+. The van der Waals surface area contributed by atoms with E-state index in [1.807, 2.05) is 6.92 Å². The lowest BCUT2D eigenvalue weighted by Gasteiger charge is -2.35. The average molecular weight is 386 g/mol. The van der Waals surface area contributed by atoms with Gasteiger partial charge in [-0.15, -0.1) is 0 Å². The predicted molar refractivity (Wildman–Crippen MR) is 115 cm³/mol. The van der Waals surface area contributed by atoms with Crippen molar-refractivity contribution >= 4 is 5.71 Å². The first-order valence-electron chi connectivity index (χ1n) is 10.3. The molecule has 0 unspecified atom stereocenters. The molecule has 0 bridgehead atoms. The number of hydrazone groups is 1. The number of nitrogens with zero attached hydrogens (tertiary/aromatic N) is 2. The Kier molecular flexibility index (Phi) is 4.64. The van der Waals surface area contributed by atoms with E-state index >= 15 is 0 Å². The lowest BCUT2D eigenvalue weighted by Crippen LogP contribution is -3.14. The first kappa shape index (κ1) is 18.1. The van der Waals surface area contributed by atoms with Crippen LogP contribution in [0, 0.1) is 5.82 Å². The van der Waals surface area contributed by atoms with Gasteiger partial charge in [-0.3, -0.25) is 5.01 Å². The summed E-state index contributed by atoms with van der Waals surface area (Å²) in [4.78, 5) is 1.60. The number of hydrogen-bond donors (Lipinski definition) is 1. The molecule has 2 aliphatic rings. The lowest BCUT2D eigenvalue weighted by molar-refractivity contribution is -0.929. The van der Waals surface area contributed by atoms with E-state index in [0.717, 1.165) is 37.5 Å². The van der Waals surface area contributed by atoms with Crippen LogP contribution in [0.1, 0.15) is 29.7 Å². The number of quaternary nitrogens is 1. The van der Waals surface area contributed by atoms with Crippen molar-refractivity contribution in [2.24, 2.45) is 5.10 Å². The number of rotatable bonds is 3. The Morgan fingerprint density at radius 1 is 0.862 bits per heavy atom. The molecule has 29 heavy (non-hydrogen) atoms. The zero-order valence-electron chi connectivity index (χ0n) is 16.6. The summed E-state index contributed by atoms with van der Waals surface area (Å²) in [6, 6.07) is 24.6. The third-order valence-electron chi connectivity index (χ3n) is 6.18. The van der Waals surface area contributed by atoms with Crippen molar-refractivity contribution in [1.82, 2.24) is 5.01 Å². The maximum Gasteiger partial charge on any atom is 0.140 e. The number of halogens is 1. The molecule has 0 atom stereocenters. The van der Waals surface area contributed by atoms with Crippen LogP contribution in [0.2, 0.25) is 0 Å². The van der Waals surface area contributed by atoms with Crippen molar-refractivity contribution in [3.63, 3.8) is 0 Å². The van der Waals surface area contributed by atoms with Gasteiger partial charge in [0, 0.05) is 11.1 Å². The normalized spacial score (nSPS) is 17.3. The standard InChI is InChI=1S/C25H24FN3/c1-18(19-10-12-20(26)13-11-19)27-29-16-14-28(15-17-29)25-23-8-4-2-6-21(23)22-7-3-5-9-24(22)25/h2-13,25H,14-17H2,1H3/p+1/b27-18-. The zero-order valence-corrected chi connectivity index (χ0v) is 16.6. The molecule has 0 saturated carbocycles. The van der Waals surface area contributed by atoms with Crippen molar-refractivity contribution in [2.75, 3.05) is 26.2 Å². The third-order valence-corrected chi connectivity index (χ3v) is 6.18. The quantitative estimate of drug-likeness (QED) is 0.683. The second-order valence-electron chi connectivity index (χ2n) is 7.91. The highest BCUT2D eigenvalue weighted by Gasteiger charge is 2.37. The van der Waals surface area contributed by atoms with E-state index in [0.29, 0.717) is 6.04 Å². The Bertz CT molecular complexity index is 1000. The van der Waals surface area contributed by atoms with Gasteiger partial charge < -0.3 is 4.90 Å². The SMILES string of the molecule is C/C(=N/N1CC[NH+](C2c3ccccc3-c3ccccc32)CC1)c1ccc(F)cc1. The van der Waals surface area contributed by atoms with Crippen molar-refractivity contribution in [3.05, 3.63) is 95.3 Å². The van der Waals surface area contributed by atoms with E-state index in [9.17, 15) is 4.39 Å². The van der Waals surface area contributed by atoms with Gasteiger partial charge in [-0.2, -0.15) is 5.10 Å². The van der Waals surface area contributed by atoms with Gasteiger partial charge in [0.25, 0.3) is 0 Å². The molecule has 3 aromatic carbocycles. The summed E-state index contributed by atoms with van der Waals surface area (Å²) in [5.74, 6) is -0.212. The average Bonchev–Trinajstić information content (AvgIpc) is 3.09. The van der Waals surface area contributed by atoms with Crippen LogP contribution in [-0.4, -0.2) is 36.9 Å². The zero-order chi connectivity index (χ0) is 19.8. The van der Waals surface area contributed by atoms with E-state index in [-0.39, 0.29) is 5.82 Å². The molecule has 0 spiro atoms. The van der Waals surface area contributed by atoms with Gasteiger partial charge in [-0.25, -0.2) is 4.39 Å². The fraction of sp³-hybridized carbons (Fsp3) is 0.240. The minimum absolute atomic E-state index is 0.212. The molecule has 1 saturated heterocycles. The molecule has 1 N–H and O–H groups in total. The summed E-state index contributed by atoms with van der Waals surface area (Å²) in [5.41, 5.74) is 7.57. The third kappa shape index (κ3) is 3.34. The molecule has 4 heteroatoms. The smallest absolute Gasteiger partial charge is 0.140 e. The van der Waals surface area contributed by atoms with Crippen molar-refractivity contribution < 1.29 is 9.29 Å². The van der Waals surface area contributed by atoms with Gasteiger partial charge in [0.15, 0.2) is 0 Å². The molecule has 5 rings (SSSR count). The van der Waals surface area contributed by atoms with Crippen LogP contribution in [0.3, 0.4) is 0 Å². The van der Waals surface area contributed by atoms with Crippen LogP contribution in [0.25, 0.3) is 11.1 Å². The molecule has 3 nitrogen and oxygen atoms in total. The topological polar surface area (TPSA) is 20.0 Å². The summed E-state index contributed by atoms with van der Waals surface area (Å²) >= 11 is 0. The molecule has 0 radical (unpaired) electrons. The van der Waals surface area contributed by atoms with Crippen molar-refractivity contribution in [1.29, 1.82) is 0 Å². The van der Waals surface area contributed by atoms with Crippen LogP contribution in [0.15, 0.2) is 77.9 Å². The van der Waals surface area contributed by atoms with E-state index in [4.69, 9.17) is 5.10 Å². The van der Waals surface area contributed by atoms with Gasteiger partial charge in [-0.1, -0.05) is 60.7 Å². The number of fused-ring (bicyclic) bond motifs is 3. The number of benzene rings is 3. The Hall–Kier alpha value is -2.98. The highest BCUT2D eigenvalue weighted by molar-refractivity contribution is 5.98. The van der Waals surface area contributed by atoms with Gasteiger partial charge in [0.2, 0.25) is 0 Å². The van der Waals surface area contributed by atoms with Crippen LogP contribution < -0.4 is 4.90 Å². The largest absolute Gasteiger partial charge is 0.322 e. The summed E-state index contributed by atoms with van der Waals surface area (Å²) in [5, 5.41) is 6.96. The van der Waals surface area contributed by atoms with Crippen LogP contribution >= 0.6 is 0 Å². The van der Waals surface area contributed by atoms with Crippen LogP contribution in [0.4, 0.5) is 4.39 Å². The van der Waals surface area contributed by atoms with Crippen molar-refractivity contribution in [3.8, 4) is 11.1 Å². The van der Waals surface area contributed by atoms with Crippen LogP contribution in [0.5, 0.6) is 0 Å². The molecule has 1 aliphatic carbocycles. The van der Waals surface area contributed by atoms with E-state index in [1.165, 1.54) is 34.4 Å². The van der Waals surface area contributed by atoms with E-state index in [2.05, 4.69) is 53.5 Å². The number of piperazine rings is 1. The fourth-order valence-corrected chi connectivity index (χ4v) is 4.73. The van der Waals surface area contributed by atoms with E-state index < -0.39 is 0 Å². The summed E-state index contributed by atoms with van der Waals surface area (Å²) in [6.45, 7) is 5.94. The summed E-state index contributed by atoms with van der Waals surface area (Å²) < 4.78 is 13.2. The first-order valence-corrected chi connectivity index (χ1v) is 10.3. The second-order valence-corrected chi connectivity index (χ2v) is 7.91. The van der Waals surface area contributed by atoms with Gasteiger partial charge >= 0.3 is 0 Å². The maximum absolute atomic E-state index is 13.2. The number of nitrogens with one attached hydrogen (secondary N) is 1. The minimum atomic E-state index is -0.212. The highest BCUT2D eigenvalue weighted by atomic mass is 19.1.